The van der Waals surface area contributed by atoms with E-state index in [9.17, 15) is 14.0 Å². The van der Waals surface area contributed by atoms with Gasteiger partial charge in [-0.05, 0) is 55.7 Å². The van der Waals surface area contributed by atoms with Crippen molar-refractivity contribution in [3.63, 3.8) is 0 Å². The number of hydrogen-bond acceptors (Lipinski definition) is 2. The van der Waals surface area contributed by atoms with Crippen molar-refractivity contribution in [3.8, 4) is 0 Å². The molecule has 1 aliphatic heterocycles. The van der Waals surface area contributed by atoms with E-state index in [1.54, 1.807) is 36.4 Å². The monoisotopic (exact) mass is 326 g/mol. The second-order valence-corrected chi connectivity index (χ2v) is 6.44. The van der Waals surface area contributed by atoms with Crippen LogP contribution in [0.15, 0.2) is 42.5 Å². The number of anilines is 1. The molecular weight excluding hydrogens is 307 g/mol. The first-order valence-corrected chi connectivity index (χ1v) is 7.87. The van der Waals surface area contributed by atoms with E-state index in [4.69, 9.17) is 0 Å². The molecule has 0 atom stereocenters. The summed E-state index contributed by atoms with van der Waals surface area (Å²) >= 11 is 0. The molecule has 124 valence electrons. The number of nitrogens with one attached hydrogen (secondary N) is 2. The highest BCUT2D eigenvalue weighted by Crippen LogP contribution is 2.37. The molecule has 2 aromatic rings. The smallest absolute Gasteiger partial charge is 0.251 e. The molecular formula is C19H19FN2O2. The molecule has 0 spiro atoms. The molecule has 0 saturated heterocycles. The molecule has 2 amide bonds. The number of carbonyl (C=O) groups excluding carboxylic acids is 2. The maximum absolute atomic E-state index is 13.6. The van der Waals surface area contributed by atoms with Crippen LogP contribution in [0.4, 0.5) is 10.1 Å². The summed E-state index contributed by atoms with van der Waals surface area (Å²) in [6.45, 7) is 4.00. The fraction of sp³-hybridized carbons (Fsp3) is 0.263. The zero-order valence-electron chi connectivity index (χ0n) is 13.7. The van der Waals surface area contributed by atoms with Gasteiger partial charge < -0.3 is 10.6 Å². The Labute approximate surface area is 140 Å². The number of halogens is 1. The Morgan fingerprint density at radius 1 is 1.21 bits per heavy atom. The van der Waals surface area contributed by atoms with Gasteiger partial charge in [-0.25, -0.2) is 4.39 Å². The third-order valence-corrected chi connectivity index (χ3v) is 4.41. The molecule has 0 radical (unpaired) electrons. The SMILES string of the molecule is CC1(C)C(=O)Nc2ccc(C(=O)NCCc3ccccc3F)cc21. The molecule has 4 nitrogen and oxygen atoms in total. The molecule has 24 heavy (non-hydrogen) atoms. The molecule has 0 saturated carbocycles. The van der Waals surface area contributed by atoms with Gasteiger partial charge in [0, 0.05) is 17.8 Å². The maximum Gasteiger partial charge on any atom is 0.251 e. The Bertz CT molecular complexity index is 815. The third-order valence-electron chi connectivity index (χ3n) is 4.41. The minimum Gasteiger partial charge on any atom is -0.352 e. The van der Waals surface area contributed by atoms with E-state index in [0.717, 1.165) is 11.3 Å². The number of fused-ring (bicyclic) bond motifs is 1. The summed E-state index contributed by atoms with van der Waals surface area (Å²) in [7, 11) is 0. The summed E-state index contributed by atoms with van der Waals surface area (Å²) in [6, 6.07) is 11.7. The van der Waals surface area contributed by atoms with Crippen LogP contribution < -0.4 is 10.6 Å². The molecule has 1 aliphatic rings. The van der Waals surface area contributed by atoms with Gasteiger partial charge in [0.1, 0.15) is 5.82 Å². The zero-order valence-corrected chi connectivity index (χ0v) is 13.7. The second-order valence-electron chi connectivity index (χ2n) is 6.44. The minimum absolute atomic E-state index is 0.0744. The van der Waals surface area contributed by atoms with Crippen molar-refractivity contribution in [2.45, 2.75) is 25.7 Å². The molecule has 2 aromatic carbocycles. The van der Waals surface area contributed by atoms with Crippen LogP contribution >= 0.6 is 0 Å². The van der Waals surface area contributed by atoms with E-state index in [-0.39, 0.29) is 17.6 Å². The highest BCUT2D eigenvalue weighted by Gasteiger charge is 2.38. The number of carbonyl (C=O) groups is 2. The van der Waals surface area contributed by atoms with Crippen molar-refractivity contribution in [3.05, 3.63) is 65.0 Å². The molecule has 0 aliphatic carbocycles. The molecule has 5 heteroatoms. The van der Waals surface area contributed by atoms with E-state index in [2.05, 4.69) is 10.6 Å². The van der Waals surface area contributed by atoms with Gasteiger partial charge in [0.25, 0.3) is 5.91 Å². The average Bonchev–Trinajstić information content (AvgIpc) is 2.78. The van der Waals surface area contributed by atoms with Gasteiger partial charge in [0.15, 0.2) is 0 Å². The van der Waals surface area contributed by atoms with Crippen molar-refractivity contribution in [1.29, 1.82) is 0 Å². The van der Waals surface area contributed by atoms with Crippen LogP contribution in [0.2, 0.25) is 0 Å². The van der Waals surface area contributed by atoms with Crippen LogP contribution in [-0.2, 0) is 16.6 Å². The molecule has 2 N–H and O–H groups in total. The Balaban J connectivity index is 1.68. The van der Waals surface area contributed by atoms with Crippen molar-refractivity contribution < 1.29 is 14.0 Å². The maximum atomic E-state index is 13.6. The van der Waals surface area contributed by atoms with Gasteiger partial charge in [-0.2, -0.15) is 0 Å². The first kappa shape index (κ1) is 16.2. The summed E-state index contributed by atoms with van der Waals surface area (Å²) < 4.78 is 13.6. The van der Waals surface area contributed by atoms with Crippen LogP contribution in [0, 0.1) is 5.82 Å². The van der Waals surface area contributed by atoms with E-state index >= 15 is 0 Å². The topological polar surface area (TPSA) is 58.2 Å². The standard InChI is InChI=1S/C19H19FN2O2/c1-19(2)14-11-13(7-8-16(14)22-18(19)24)17(23)21-10-9-12-5-3-4-6-15(12)20/h3-8,11H,9-10H2,1-2H3,(H,21,23)(H,22,24). The molecule has 3 rings (SSSR count). The van der Waals surface area contributed by atoms with Crippen LogP contribution in [-0.4, -0.2) is 18.4 Å². The van der Waals surface area contributed by atoms with Gasteiger partial charge in [-0.15, -0.1) is 0 Å². The zero-order chi connectivity index (χ0) is 17.3. The fourth-order valence-corrected chi connectivity index (χ4v) is 2.83. The van der Waals surface area contributed by atoms with Crippen LogP contribution in [0.25, 0.3) is 0 Å². The van der Waals surface area contributed by atoms with Crippen molar-refractivity contribution in [2.75, 3.05) is 11.9 Å². The van der Waals surface area contributed by atoms with Gasteiger partial charge in [0.2, 0.25) is 5.91 Å². The number of rotatable bonds is 4. The molecule has 0 fully saturated rings. The largest absolute Gasteiger partial charge is 0.352 e. The lowest BCUT2D eigenvalue weighted by Gasteiger charge is -2.15. The second kappa shape index (κ2) is 6.07. The highest BCUT2D eigenvalue weighted by atomic mass is 19.1. The number of amides is 2. The van der Waals surface area contributed by atoms with Gasteiger partial charge in [0.05, 0.1) is 5.41 Å². The van der Waals surface area contributed by atoms with Crippen LogP contribution in [0.3, 0.4) is 0 Å². The molecule has 0 unspecified atom stereocenters. The van der Waals surface area contributed by atoms with Crippen LogP contribution in [0.5, 0.6) is 0 Å². The molecule has 0 aromatic heterocycles. The Morgan fingerprint density at radius 3 is 2.71 bits per heavy atom. The lowest BCUT2D eigenvalue weighted by atomic mass is 9.85. The van der Waals surface area contributed by atoms with Crippen molar-refractivity contribution in [2.24, 2.45) is 0 Å². The van der Waals surface area contributed by atoms with E-state index < -0.39 is 5.41 Å². The predicted octanol–water partition coefficient (Wildman–Crippen LogP) is 3.03. The number of benzene rings is 2. The van der Waals surface area contributed by atoms with Gasteiger partial charge >= 0.3 is 0 Å². The first-order chi connectivity index (χ1) is 11.4. The minimum atomic E-state index is -0.654. The first-order valence-electron chi connectivity index (χ1n) is 7.87. The van der Waals surface area contributed by atoms with Crippen molar-refractivity contribution in [1.82, 2.24) is 5.32 Å². The molecule has 0 bridgehead atoms. The summed E-state index contributed by atoms with van der Waals surface area (Å²) in [5, 5.41) is 5.61. The quantitative estimate of drug-likeness (QED) is 0.907. The van der Waals surface area contributed by atoms with Crippen molar-refractivity contribution >= 4 is 17.5 Å². The summed E-state index contributed by atoms with van der Waals surface area (Å²) in [6.07, 6.45) is 0.425. The highest BCUT2D eigenvalue weighted by molar-refractivity contribution is 6.07. The Morgan fingerprint density at radius 2 is 1.96 bits per heavy atom. The Hall–Kier alpha value is -2.69. The summed E-state index contributed by atoms with van der Waals surface area (Å²) in [5.41, 5.74) is 1.97. The van der Waals surface area contributed by atoms with Gasteiger partial charge in [-0.3, -0.25) is 9.59 Å². The van der Waals surface area contributed by atoms with Crippen LogP contribution in [0.1, 0.15) is 35.3 Å². The lowest BCUT2D eigenvalue weighted by molar-refractivity contribution is -0.119. The average molecular weight is 326 g/mol. The third kappa shape index (κ3) is 2.89. The summed E-state index contributed by atoms with van der Waals surface area (Å²) in [5.74, 6) is -0.575. The van der Waals surface area contributed by atoms with E-state index in [0.29, 0.717) is 24.1 Å². The predicted molar refractivity (Wildman–Crippen MR) is 90.5 cm³/mol. The number of hydrogen-bond donors (Lipinski definition) is 2. The normalized spacial score (nSPS) is 14.9. The molecule has 1 heterocycles. The Kier molecular flexibility index (Phi) is 4.09. The van der Waals surface area contributed by atoms with Gasteiger partial charge in [-0.1, -0.05) is 18.2 Å². The van der Waals surface area contributed by atoms with E-state index in [1.807, 2.05) is 13.8 Å². The van der Waals surface area contributed by atoms with E-state index in [1.165, 1.54) is 6.07 Å². The lowest BCUT2D eigenvalue weighted by Crippen LogP contribution is -2.28. The summed E-state index contributed by atoms with van der Waals surface area (Å²) in [4.78, 5) is 24.2. The fourth-order valence-electron chi connectivity index (χ4n) is 2.83.